The van der Waals surface area contributed by atoms with Gasteiger partial charge in [0.2, 0.25) is 0 Å². The number of benzene rings is 7. The summed E-state index contributed by atoms with van der Waals surface area (Å²) in [6, 6.07) is 61.2. The van der Waals surface area contributed by atoms with Crippen molar-refractivity contribution in [2.75, 3.05) is 7.05 Å². The first kappa shape index (κ1) is 29.7. The van der Waals surface area contributed by atoms with Crippen LogP contribution in [0.5, 0.6) is 0 Å². The molecule has 0 fully saturated rings. The van der Waals surface area contributed by atoms with E-state index in [9.17, 15) is 0 Å². The van der Waals surface area contributed by atoms with Crippen LogP contribution in [0.2, 0.25) is 0 Å². The Kier molecular flexibility index (Phi) is 6.97. The third-order valence-electron chi connectivity index (χ3n) is 10.3. The summed E-state index contributed by atoms with van der Waals surface area (Å²) in [5.74, 6) is 0. The summed E-state index contributed by atoms with van der Waals surface area (Å²) in [6.45, 7) is 0. The molecule has 2 aromatic heterocycles. The Balaban J connectivity index is 1.16. The SMILES string of the molecule is CN1C(c2ccccc2)=CC(c2ccccc2)=NC1c1cccc2c1sc1cccc(-c3ccc4c5ccccc5n(-c5ccccc5)c4c3)c12. The largest absolute Gasteiger partial charge is 0.349 e. The number of nitrogens with zero attached hydrogens (tertiary/aromatic N) is 3. The molecule has 0 saturated heterocycles. The molecule has 0 bridgehead atoms. The van der Waals surface area contributed by atoms with Crippen molar-refractivity contribution in [1.82, 2.24) is 9.47 Å². The first-order valence-electron chi connectivity index (χ1n) is 17.4. The van der Waals surface area contributed by atoms with E-state index in [4.69, 9.17) is 4.99 Å². The lowest BCUT2D eigenvalue weighted by Crippen LogP contribution is -2.27. The quantitative estimate of drug-likeness (QED) is 0.178. The summed E-state index contributed by atoms with van der Waals surface area (Å²) in [5.41, 5.74) is 11.7. The van der Waals surface area contributed by atoms with Gasteiger partial charge in [0.05, 0.1) is 16.7 Å². The number of aliphatic imine (C=N–C) groups is 1. The van der Waals surface area contributed by atoms with Gasteiger partial charge in [-0.3, -0.25) is 4.99 Å². The van der Waals surface area contributed by atoms with E-state index in [0.717, 1.165) is 17.0 Å². The van der Waals surface area contributed by atoms with E-state index in [0.29, 0.717) is 0 Å². The molecule has 0 radical (unpaired) electrons. The van der Waals surface area contributed by atoms with Gasteiger partial charge in [0, 0.05) is 54.9 Å². The van der Waals surface area contributed by atoms with Crippen LogP contribution in [0.15, 0.2) is 181 Å². The van der Waals surface area contributed by atoms with Crippen molar-refractivity contribution in [3.8, 4) is 16.8 Å². The summed E-state index contributed by atoms with van der Waals surface area (Å²) in [4.78, 5) is 7.77. The number of thiophene rings is 1. The van der Waals surface area contributed by atoms with Gasteiger partial charge in [-0.2, -0.15) is 0 Å². The van der Waals surface area contributed by atoms with Gasteiger partial charge in [0.1, 0.15) is 6.17 Å². The van der Waals surface area contributed by atoms with E-state index in [1.54, 1.807) is 0 Å². The Morgan fingerprint density at radius 2 is 1.22 bits per heavy atom. The summed E-state index contributed by atoms with van der Waals surface area (Å²) < 4.78 is 4.96. The van der Waals surface area contributed by atoms with Crippen LogP contribution in [-0.4, -0.2) is 22.2 Å². The van der Waals surface area contributed by atoms with E-state index < -0.39 is 0 Å². The molecule has 3 nitrogen and oxygen atoms in total. The van der Waals surface area contributed by atoms with E-state index in [1.165, 1.54) is 69.9 Å². The number of rotatable bonds is 5. The van der Waals surface area contributed by atoms with Gasteiger partial charge >= 0.3 is 0 Å². The van der Waals surface area contributed by atoms with Crippen LogP contribution in [-0.2, 0) is 0 Å². The Hall–Kier alpha value is -6.23. The molecule has 1 atom stereocenters. The van der Waals surface area contributed by atoms with E-state index in [1.807, 2.05) is 11.3 Å². The number of hydrogen-bond donors (Lipinski definition) is 0. The highest BCUT2D eigenvalue weighted by atomic mass is 32.1. The molecule has 0 aliphatic carbocycles. The van der Waals surface area contributed by atoms with Gasteiger partial charge in [-0.15, -0.1) is 11.3 Å². The van der Waals surface area contributed by atoms with Crippen molar-refractivity contribution >= 4 is 64.7 Å². The minimum atomic E-state index is -0.182. The highest BCUT2D eigenvalue weighted by Crippen LogP contribution is 2.46. The van der Waals surface area contributed by atoms with E-state index in [2.05, 4.69) is 192 Å². The first-order chi connectivity index (χ1) is 25.2. The zero-order valence-electron chi connectivity index (χ0n) is 28.1. The molecule has 3 heterocycles. The fourth-order valence-corrected chi connectivity index (χ4v) is 9.13. The van der Waals surface area contributed by atoms with Crippen LogP contribution in [0.1, 0.15) is 22.9 Å². The van der Waals surface area contributed by atoms with Crippen molar-refractivity contribution in [2.24, 2.45) is 4.99 Å². The summed E-state index contributed by atoms with van der Waals surface area (Å²) in [6.07, 6.45) is 2.05. The van der Waals surface area contributed by atoms with Crippen LogP contribution in [0.25, 0.3) is 64.5 Å². The van der Waals surface area contributed by atoms with Gasteiger partial charge < -0.3 is 9.47 Å². The molecule has 0 amide bonds. The molecule has 242 valence electrons. The normalized spacial score (nSPS) is 14.8. The second-order valence-electron chi connectivity index (χ2n) is 13.2. The second-order valence-corrected chi connectivity index (χ2v) is 14.2. The second kappa shape index (κ2) is 12.0. The Morgan fingerprint density at radius 1 is 0.549 bits per heavy atom. The average molecular weight is 672 g/mol. The van der Waals surface area contributed by atoms with Gasteiger partial charge in [-0.1, -0.05) is 140 Å². The molecular weight excluding hydrogens is 639 g/mol. The lowest BCUT2D eigenvalue weighted by molar-refractivity contribution is 0.366. The van der Waals surface area contributed by atoms with Gasteiger partial charge in [0.25, 0.3) is 0 Å². The summed E-state index contributed by atoms with van der Waals surface area (Å²) in [7, 11) is 2.17. The Labute approximate surface area is 300 Å². The number of fused-ring (bicyclic) bond motifs is 6. The molecule has 1 unspecified atom stereocenters. The van der Waals surface area contributed by atoms with Crippen LogP contribution in [0.3, 0.4) is 0 Å². The lowest BCUT2D eigenvalue weighted by atomic mass is 9.96. The molecule has 9 aromatic rings. The molecule has 51 heavy (non-hydrogen) atoms. The molecule has 1 aliphatic rings. The third kappa shape index (κ3) is 4.83. The first-order valence-corrected chi connectivity index (χ1v) is 18.2. The monoisotopic (exact) mass is 671 g/mol. The molecule has 10 rings (SSSR count). The topological polar surface area (TPSA) is 20.5 Å². The molecule has 7 aromatic carbocycles. The van der Waals surface area contributed by atoms with Crippen LogP contribution < -0.4 is 0 Å². The third-order valence-corrected chi connectivity index (χ3v) is 11.5. The number of aromatic nitrogens is 1. The van der Waals surface area contributed by atoms with Crippen LogP contribution in [0.4, 0.5) is 0 Å². The number of para-hydroxylation sites is 2. The molecule has 0 N–H and O–H groups in total. The van der Waals surface area contributed by atoms with Crippen molar-refractivity contribution in [1.29, 1.82) is 0 Å². The fraction of sp³-hybridized carbons (Fsp3) is 0.0426. The van der Waals surface area contributed by atoms with Crippen LogP contribution in [0, 0.1) is 0 Å². The van der Waals surface area contributed by atoms with E-state index in [-0.39, 0.29) is 6.17 Å². The minimum Gasteiger partial charge on any atom is -0.349 e. The van der Waals surface area contributed by atoms with Crippen LogP contribution >= 0.6 is 11.3 Å². The average Bonchev–Trinajstić information content (AvgIpc) is 3.75. The van der Waals surface area contributed by atoms with Gasteiger partial charge in [0.15, 0.2) is 0 Å². The molecule has 0 saturated carbocycles. The predicted molar refractivity (Wildman–Crippen MR) is 217 cm³/mol. The molecule has 1 aliphatic heterocycles. The smallest absolute Gasteiger partial charge is 0.149 e. The van der Waals surface area contributed by atoms with Gasteiger partial charge in [-0.25, -0.2) is 0 Å². The fourth-order valence-electron chi connectivity index (χ4n) is 7.87. The lowest BCUT2D eigenvalue weighted by Gasteiger charge is -2.34. The van der Waals surface area contributed by atoms with Crippen molar-refractivity contribution in [3.63, 3.8) is 0 Å². The maximum absolute atomic E-state index is 5.44. The zero-order chi connectivity index (χ0) is 33.9. The summed E-state index contributed by atoms with van der Waals surface area (Å²) in [5, 5.41) is 5.10. The van der Waals surface area contributed by atoms with Gasteiger partial charge in [-0.05, 0) is 58.7 Å². The standard InChI is InChI=1S/C47H33N3S/c1-49-42(32-17-7-3-8-18-32)30-40(31-15-5-2-6-16-31)48-47(49)39-24-13-23-38-45-35(22-14-26-44(45)51-46(38)39)33-27-28-37-36-21-11-12-25-41(36)50(43(37)29-33)34-19-9-4-10-20-34/h2-30,47H,1H3. The maximum atomic E-state index is 5.44. The number of hydrogen-bond acceptors (Lipinski definition) is 3. The molecule has 0 spiro atoms. The maximum Gasteiger partial charge on any atom is 0.149 e. The summed E-state index contributed by atoms with van der Waals surface area (Å²) >= 11 is 1.87. The van der Waals surface area contributed by atoms with Crippen molar-refractivity contribution < 1.29 is 0 Å². The minimum absolute atomic E-state index is 0.182. The predicted octanol–water partition coefficient (Wildman–Crippen LogP) is 12.3. The highest BCUT2D eigenvalue weighted by molar-refractivity contribution is 7.26. The van der Waals surface area contributed by atoms with Crippen molar-refractivity contribution in [3.05, 3.63) is 193 Å². The number of allylic oxidation sites excluding steroid dienone is 1. The molecule has 4 heteroatoms. The van der Waals surface area contributed by atoms with E-state index >= 15 is 0 Å². The Morgan fingerprint density at radius 3 is 2.02 bits per heavy atom. The zero-order valence-corrected chi connectivity index (χ0v) is 28.9. The molecular formula is C47H33N3S. The highest BCUT2D eigenvalue weighted by Gasteiger charge is 2.28. The van der Waals surface area contributed by atoms with Crippen molar-refractivity contribution in [2.45, 2.75) is 6.17 Å². The Bertz CT molecular complexity index is 2810.